The molecule has 0 aromatic heterocycles. The third-order valence-corrected chi connectivity index (χ3v) is 4.34. The molecule has 0 saturated carbocycles. The van der Waals surface area contributed by atoms with Gasteiger partial charge in [0.15, 0.2) is 18.1 Å². The van der Waals surface area contributed by atoms with Crippen LogP contribution in [0.5, 0.6) is 11.5 Å². The first-order chi connectivity index (χ1) is 13.0. The van der Waals surface area contributed by atoms with Crippen LogP contribution in [0, 0.1) is 5.82 Å². The number of hydrogen-bond acceptors (Lipinski definition) is 4. The van der Waals surface area contributed by atoms with E-state index in [1.807, 2.05) is 6.07 Å². The molecule has 0 atom stereocenters. The molecule has 27 heavy (non-hydrogen) atoms. The van der Waals surface area contributed by atoms with Crippen LogP contribution < -0.4 is 9.47 Å². The molecule has 0 aliphatic carbocycles. The highest BCUT2D eigenvalue weighted by molar-refractivity contribution is 5.95. The van der Waals surface area contributed by atoms with E-state index in [4.69, 9.17) is 14.6 Å². The molecule has 0 spiro atoms. The molecule has 6 nitrogen and oxygen atoms in total. The van der Waals surface area contributed by atoms with E-state index in [9.17, 15) is 14.0 Å². The Kier molecular flexibility index (Phi) is 5.59. The average molecular weight is 373 g/mol. The highest BCUT2D eigenvalue weighted by Crippen LogP contribution is 2.30. The van der Waals surface area contributed by atoms with E-state index in [2.05, 4.69) is 0 Å². The highest BCUT2D eigenvalue weighted by Gasteiger charge is 2.24. The van der Waals surface area contributed by atoms with Crippen LogP contribution in [0.4, 0.5) is 4.39 Å². The van der Waals surface area contributed by atoms with Crippen LogP contribution in [-0.2, 0) is 17.8 Å². The van der Waals surface area contributed by atoms with Crippen molar-refractivity contribution in [3.63, 3.8) is 0 Å². The summed E-state index contributed by atoms with van der Waals surface area (Å²) in [6, 6.07) is 9.55. The first kappa shape index (κ1) is 18.7. The number of benzene rings is 2. The molecule has 1 heterocycles. The SMILES string of the molecule is CCOc1cc(C(=O)N2CCc3cccc(F)c3C2)ccc1OCC(=O)O. The number of nitrogens with zero attached hydrogens (tertiary/aromatic N) is 1. The summed E-state index contributed by atoms with van der Waals surface area (Å²) >= 11 is 0. The number of carboxylic acids is 1. The second kappa shape index (κ2) is 8.07. The predicted molar refractivity (Wildman–Crippen MR) is 95.6 cm³/mol. The zero-order chi connectivity index (χ0) is 19.4. The van der Waals surface area contributed by atoms with Crippen molar-refractivity contribution < 1.29 is 28.6 Å². The lowest BCUT2D eigenvalue weighted by molar-refractivity contribution is -0.139. The molecule has 1 N–H and O–H groups in total. The molecule has 0 radical (unpaired) electrons. The molecule has 1 aliphatic heterocycles. The summed E-state index contributed by atoms with van der Waals surface area (Å²) in [6.45, 7) is 2.32. The fourth-order valence-corrected chi connectivity index (χ4v) is 3.06. The minimum atomic E-state index is -1.10. The summed E-state index contributed by atoms with van der Waals surface area (Å²) in [7, 11) is 0. The van der Waals surface area contributed by atoms with Gasteiger partial charge in [-0.3, -0.25) is 4.79 Å². The fraction of sp³-hybridized carbons (Fsp3) is 0.300. The van der Waals surface area contributed by atoms with Gasteiger partial charge >= 0.3 is 5.97 Å². The molecular weight excluding hydrogens is 353 g/mol. The molecule has 0 saturated heterocycles. The van der Waals surface area contributed by atoms with Crippen molar-refractivity contribution in [2.24, 2.45) is 0 Å². The van der Waals surface area contributed by atoms with Crippen molar-refractivity contribution in [2.75, 3.05) is 19.8 Å². The van der Waals surface area contributed by atoms with E-state index in [-0.39, 0.29) is 24.0 Å². The Morgan fingerprint density at radius 2 is 2.00 bits per heavy atom. The standard InChI is InChI=1S/C20H20FNO5/c1-2-26-18-10-14(6-7-17(18)27-12-19(23)24)20(25)22-9-8-13-4-3-5-16(21)15(13)11-22/h3-7,10H,2,8-9,11-12H2,1H3,(H,23,24). The predicted octanol–water partition coefficient (Wildman–Crippen LogP) is 2.89. The maximum atomic E-state index is 14.1. The highest BCUT2D eigenvalue weighted by atomic mass is 19.1. The minimum absolute atomic E-state index is 0.210. The molecule has 1 aliphatic rings. The Labute approximate surface area is 156 Å². The Morgan fingerprint density at radius 3 is 2.74 bits per heavy atom. The first-order valence-corrected chi connectivity index (χ1v) is 8.66. The quantitative estimate of drug-likeness (QED) is 0.843. The Hall–Kier alpha value is -3.09. The molecule has 2 aromatic carbocycles. The number of hydrogen-bond donors (Lipinski definition) is 1. The Bertz CT molecular complexity index is 867. The summed E-state index contributed by atoms with van der Waals surface area (Å²) in [6.07, 6.45) is 0.594. The molecule has 0 bridgehead atoms. The van der Waals surface area contributed by atoms with Crippen LogP contribution in [0.3, 0.4) is 0 Å². The van der Waals surface area contributed by atoms with Crippen molar-refractivity contribution >= 4 is 11.9 Å². The minimum Gasteiger partial charge on any atom is -0.490 e. The van der Waals surface area contributed by atoms with Crippen LogP contribution in [0.25, 0.3) is 0 Å². The van der Waals surface area contributed by atoms with Gasteiger partial charge in [-0.1, -0.05) is 12.1 Å². The lowest BCUT2D eigenvalue weighted by atomic mass is 9.98. The van der Waals surface area contributed by atoms with Gasteiger partial charge in [0.1, 0.15) is 5.82 Å². The van der Waals surface area contributed by atoms with Crippen LogP contribution >= 0.6 is 0 Å². The van der Waals surface area contributed by atoms with Crippen LogP contribution in [-0.4, -0.2) is 41.6 Å². The smallest absolute Gasteiger partial charge is 0.341 e. The van der Waals surface area contributed by atoms with E-state index in [1.54, 1.807) is 24.0 Å². The van der Waals surface area contributed by atoms with Gasteiger partial charge in [-0.2, -0.15) is 0 Å². The van der Waals surface area contributed by atoms with Gasteiger partial charge in [0, 0.05) is 24.2 Å². The number of carbonyl (C=O) groups excluding carboxylic acids is 1. The molecule has 142 valence electrons. The number of halogens is 1. The lowest BCUT2D eigenvalue weighted by Crippen LogP contribution is -2.36. The molecule has 7 heteroatoms. The molecule has 0 fully saturated rings. The fourth-order valence-electron chi connectivity index (χ4n) is 3.06. The zero-order valence-electron chi connectivity index (χ0n) is 14.9. The Morgan fingerprint density at radius 1 is 1.19 bits per heavy atom. The first-order valence-electron chi connectivity index (χ1n) is 8.66. The van der Waals surface area contributed by atoms with E-state index >= 15 is 0 Å². The van der Waals surface area contributed by atoms with Gasteiger partial charge in [-0.25, -0.2) is 9.18 Å². The van der Waals surface area contributed by atoms with Crippen molar-refractivity contribution in [1.29, 1.82) is 0 Å². The number of fused-ring (bicyclic) bond motifs is 1. The topological polar surface area (TPSA) is 76.1 Å². The van der Waals surface area contributed by atoms with Crippen molar-refractivity contribution in [3.8, 4) is 11.5 Å². The summed E-state index contributed by atoms with van der Waals surface area (Å²) in [5.41, 5.74) is 1.84. The normalized spacial score (nSPS) is 13.0. The van der Waals surface area contributed by atoms with Gasteiger partial charge in [0.25, 0.3) is 5.91 Å². The molecule has 3 rings (SSSR count). The van der Waals surface area contributed by atoms with Gasteiger partial charge in [0.2, 0.25) is 0 Å². The monoisotopic (exact) mass is 373 g/mol. The van der Waals surface area contributed by atoms with Gasteiger partial charge in [-0.05, 0) is 43.2 Å². The maximum Gasteiger partial charge on any atom is 0.341 e. The number of aliphatic carboxylic acids is 1. The average Bonchev–Trinajstić information content (AvgIpc) is 2.66. The number of rotatable bonds is 6. The van der Waals surface area contributed by atoms with Crippen molar-refractivity contribution in [1.82, 2.24) is 4.90 Å². The van der Waals surface area contributed by atoms with Gasteiger partial charge in [0.05, 0.1) is 6.61 Å². The summed E-state index contributed by atoms with van der Waals surface area (Å²) in [5, 5.41) is 8.75. The third kappa shape index (κ3) is 4.19. The second-order valence-electron chi connectivity index (χ2n) is 6.13. The molecule has 1 amide bonds. The van der Waals surface area contributed by atoms with Crippen LogP contribution in [0.15, 0.2) is 36.4 Å². The lowest BCUT2D eigenvalue weighted by Gasteiger charge is -2.29. The summed E-state index contributed by atoms with van der Waals surface area (Å²) < 4.78 is 24.7. The molecule has 0 unspecified atom stereocenters. The zero-order valence-corrected chi connectivity index (χ0v) is 14.9. The summed E-state index contributed by atoms with van der Waals surface area (Å²) in [4.78, 5) is 25.2. The van der Waals surface area contributed by atoms with Crippen LogP contribution in [0.2, 0.25) is 0 Å². The van der Waals surface area contributed by atoms with Crippen molar-refractivity contribution in [3.05, 3.63) is 58.9 Å². The third-order valence-electron chi connectivity index (χ3n) is 4.34. The second-order valence-corrected chi connectivity index (χ2v) is 6.13. The molecule has 2 aromatic rings. The van der Waals surface area contributed by atoms with E-state index in [0.29, 0.717) is 36.4 Å². The number of amides is 1. The number of carbonyl (C=O) groups is 2. The van der Waals surface area contributed by atoms with E-state index in [0.717, 1.165) is 5.56 Å². The van der Waals surface area contributed by atoms with E-state index in [1.165, 1.54) is 18.2 Å². The Balaban J connectivity index is 1.81. The largest absolute Gasteiger partial charge is 0.490 e. The van der Waals surface area contributed by atoms with E-state index < -0.39 is 12.6 Å². The van der Waals surface area contributed by atoms with Crippen molar-refractivity contribution in [2.45, 2.75) is 19.9 Å². The summed E-state index contributed by atoms with van der Waals surface area (Å²) in [5.74, 6) is -1.10. The van der Waals surface area contributed by atoms with Gasteiger partial charge < -0.3 is 19.5 Å². The van der Waals surface area contributed by atoms with Gasteiger partial charge in [-0.15, -0.1) is 0 Å². The number of ether oxygens (including phenoxy) is 2. The maximum absolute atomic E-state index is 14.1. The molecular formula is C20H20FNO5. The number of carboxylic acid groups (broad SMARTS) is 1. The van der Waals surface area contributed by atoms with Crippen LogP contribution in [0.1, 0.15) is 28.4 Å².